The van der Waals surface area contributed by atoms with Crippen LogP contribution in [-0.4, -0.2) is 85.8 Å². The quantitative estimate of drug-likeness (QED) is 0.513. The second kappa shape index (κ2) is 8.89. The Labute approximate surface area is 119 Å². The minimum Gasteiger partial charge on any atom is -0.390 e. The van der Waals surface area contributed by atoms with E-state index in [-0.39, 0.29) is 31.4 Å². The fourth-order valence-corrected chi connectivity index (χ4v) is 2.10. The number of piperazine rings is 1. The van der Waals surface area contributed by atoms with E-state index < -0.39 is 6.10 Å². The van der Waals surface area contributed by atoms with E-state index in [9.17, 15) is 14.7 Å². The van der Waals surface area contributed by atoms with Crippen LogP contribution in [0.1, 0.15) is 13.3 Å². The largest absolute Gasteiger partial charge is 0.390 e. The van der Waals surface area contributed by atoms with Gasteiger partial charge in [-0.3, -0.25) is 9.59 Å². The number of aliphatic hydroxyl groups is 1. The monoisotopic (exact) mass is 287 g/mol. The van der Waals surface area contributed by atoms with Gasteiger partial charge in [-0.1, -0.05) is 6.92 Å². The molecule has 0 saturated carbocycles. The van der Waals surface area contributed by atoms with Gasteiger partial charge in [0.15, 0.2) is 0 Å². The highest BCUT2D eigenvalue weighted by molar-refractivity contribution is 5.92. The lowest BCUT2D eigenvalue weighted by Crippen LogP contribution is -2.56. The third-order valence-corrected chi connectivity index (χ3v) is 3.15. The van der Waals surface area contributed by atoms with E-state index in [1.165, 1.54) is 4.90 Å². The Balaban J connectivity index is 2.33. The number of hydrogen-bond donors (Lipinski definition) is 2. The van der Waals surface area contributed by atoms with Crippen LogP contribution in [0.4, 0.5) is 0 Å². The number of carbonyl (C=O) groups is 2. The van der Waals surface area contributed by atoms with Crippen molar-refractivity contribution in [2.24, 2.45) is 0 Å². The summed E-state index contributed by atoms with van der Waals surface area (Å²) in [6.07, 6.45) is 0.159. The molecule has 0 bridgehead atoms. The second-order valence-electron chi connectivity index (χ2n) is 4.94. The number of ether oxygens (including phenoxy) is 1. The van der Waals surface area contributed by atoms with Gasteiger partial charge in [-0.05, 0) is 6.42 Å². The van der Waals surface area contributed by atoms with Crippen molar-refractivity contribution < 1.29 is 19.4 Å². The van der Waals surface area contributed by atoms with Crippen LogP contribution in [-0.2, 0) is 14.3 Å². The number of methoxy groups -OCH3 is 1. The average Bonchev–Trinajstić information content (AvgIpc) is 2.41. The highest BCUT2D eigenvalue weighted by Crippen LogP contribution is 2.06. The Kier molecular flexibility index (Phi) is 7.50. The van der Waals surface area contributed by atoms with Crippen molar-refractivity contribution in [3.63, 3.8) is 0 Å². The summed E-state index contributed by atoms with van der Waals surface area (Å²) in [5.74, 6) is -0.153. The summed E-state index contributed by atoms with van der Waals surface area (Å²) < 4.78 is 4.88. The van der Waals surface area contributed by atoms with Gasteiger partial charge in [0.05, 0.1) is 25.8 Å². The first-order chi connectivity index (χ1) is 9.58. The molecule has 1 heterocycles. The molecule has 0 aromatic rings. The number of hydrogen-bond acceptors (Lipinski definition) is 5. The molecular formula is C13H25N3O4. The predicted molar refractivity (Wildman–Crippen MR) is 74.2 cm³/mol. The number of nitrogens with zero attached hydrogens (tertiary/aromatic N) is 2. The Morgan fingerprint density at radius 1 is 1.30 bits per heavy atom. The fourth-order valence-electron chi connectivity index (χ4n) is 2.10. The molecule has 2 N–H and O–H groups in total. The molecule has 0 aromatic heterocycles. The summed E-state index contributed by atoms with van der Waals surface area (Å²) in [5, 5.41) is 12.9. The van der Waals surface area contributed by atoms with Crippen molar-refractivity contribution in [1.82, 2.24) is 15.1 Å². The third kappa shape index (κ3) is 5.44. The molecule has 1 rings (SSSR count). The second-order valence-corrected chi connectivity index (χ2v) is 4.94. The van der Waals surface area contributed by atoms with E-state index >= 15 is 0 Å². The maximum Gasteiger partial charge on any atom is 0.242 e. The lowest BCUT2D eigenvalue weighted by Gasteiger charge is -2.34. The van der Waals surface area contributed by atoms with E-state index in [2.05, 4.69) is 5.32 Å². The number of rotatable bonds is 9. The van der Waals surface area contributed by atoms with Crippen molar-refractivity contribution in [2.75, 3.05) is 53.0 Å². The van der Waals surface area contributed by atoms with E-state index in [4.69, 9.17) is 4.74 Å². The topological polar surface area (TPSA) is 82.1 Å². The van der Waals surface area contributed by atoms with Crippen LogP contribution in [0.2, 0.25) is 0 Å². The lowest BCUT2D eigenvalue weighted by atomic mass is 10.2. The van der Waals surface area contributed by atoms with E-state index in [1.807, 2.05) is 6.92 Å². The summed E-state index contributed by atoms with van der Waals surface area (Å²) in [4.78, 5) is 26.8. The highest BCUT2D eigenvalue weighted by Gasteiger charge is 2.30. The molecule has 20 heavy (non-hydrogen) atoms. The molecule has 7 heteroatoms. The van der Waals surface area contributed by atoms with Crippen LogP contribution in [0.15, 0.2) is 0 Å². The standard InChI is InChI=1S/C13H25N3O4/c1-3-5-15-9-13(19)16(10-12(15)18)8-11(17)7-14-4-6-20-2/h11,14,17H,3-10H2,1-2H3. The minimum absolute atomic E-state index is 0.0500. The van der Waals surface area contributed by atoms with Crippen LogP contribution in [0, 0.1) is 0 Å². The number of aliphatic hydroxyl groups excluding tert-OH is 1. The zero-order chi connectivity index (χ0) is 15.0. The van der Waals surface area contributed by atoms with E-state index in [1.54, 1.807) is 12.0 Å². The first kappa shape index (κ1) is 16.9. The molecule has 1 unspecified atom stereocenters. The van der Waals surface area contributed by atoms with Gasteiger partial charge < -0.3 is 25.0 Å². The smallest absolute Gasteiger partial charge is 0.242 e. The van der Waals surface area contributed by atoms with Crippen molar-refractivity contribution in [3.8, 4) is 0 Å². The van der Waals surface area contributed by atoms with Crippen molar-refractivity contribution in [2.45, 2.75) is 19.4 Å². The van der Waals surface area contributed by atoms with E-state index in [0.717, 1.165) is 6.42 Å². The molecule has 1 aliphatic rings. The molecule has 1 saturated heterocycles. The van der Waals surface area contributed by atoms with Crippen LogP contribution in [0.25, 0.3) is 0 Å². The van der Waals surface area contributed by atoms with Crippen LogP contribution in [0.5, 0.6) is 0 Å². The summed E-state index contributed by atoms with van der Waals surface area (Å²) in [6.45, 7) is 4.54. The van der Waals surface area contributed by atoms with Gasteiger partial charge >= 0.3 is 0 Å². The van der Waals surface area contributed by atoms with E-state index in [0.29, 0.717) is 26.2 Å². The number of nitrogens with one attached hydrogen (secondary N) is 1. The SMILES string of the molecule is CCCN1CC(=O)N(CC(O)CNCCOC)CC1=O. The zero-order valence-electron chi connectivity index (χ0n) is 12.3. The van der Waals surface area contributed by atoms with Gasteiger partial charge in [0.2, 0.25) is 11.8 Å². The zero-order valence-corrected chi connectivity index (χ0v) is 12.3. The summed E-state index contributed by atoms with van der Waals surface area (Å²) in [5.41, 5.74) is 0. The number of β-amino-alcohol motifs (C(OH)–C–C–N with tert-alkyl or cyclic N) is 1. The molecule has 2 amide bonds. The molecule has 0 aromatic carbocycles. The van der Waals surface area contributed by atoms with Gasteiger partial charge in [0.25, 0.3) is 0 Å². The Bertz CT molecular complexity index is 325. The molecule has 1 atom stereocenters. The van der Waals surface area contributed by atoms with Crippen molar-refractivity contribution >= 4 is 11.8 Å². The molecule has 0 radical (unpaired) electrons. The average molecular weight is 287 g/mol. The van der Waals surface area contributed by atoms with Gasteiger partial charge in [-0.15, -0.1) is 0 Å². The predicted octanol–water partition coefficient (Wildman–Crippen LogP) is -1.34. The normalized spacial score (nSPS) is 17.8. The van der Waals surface area contributed by atoms with Crippen LogP contribution in [0.3, 0.4) is 0 Å². The molecule has 0 aliphatic carbocycles. The number of carbonyl (C=O) groups excluding carboxylic acids is 2. The minimum atomic E-state index is -0.679. The Morgan fingerprint density at radius 2 is 1.95 bits per heavy atom. The number of amides is 2. The summed E-state index contributed by atoms with van der Waals surface area (Å²) in [7, 11) is 1.61. The van der Waals surface area contributed by atoms with Gasteiger partial charge in [0.1, 0.15) is 0 Å². The molecule has 1 aliphatic heterocycles. The molecule has 1 fully saturated rings. The highest BCUT2D eigenvalue weighted by atomic mass is 16.5. The summed E-state index contributed by atoms with van der Waals surface area (Å²) >= 11 is 0. The third-order valence-electron chi connectivity index (χ3n) is 3.15. The van der Waals surface area contributed by atoms with Crippen LogP contribution >= 0.6 is 0 Å². The molecule has 0 spiro atoms. The Hall–Kier alpha value is -1.18. The first-order valence-electron chi connectivity index (χ1n) is 7.01. The maximum absolute atomic E-state index is 11.9. The lowest BCUT2D eigenvalue weighted by molar-refractivity contribution is -0.151. The maximum atomic E-state index is 11.9. The van der Waals surface area contributed by atoms with Crippen molar-refractivity contribution in [1.29, 1.82) is 0 Å². The molecule has 7 nitrogen and oxygen atoms in total. The molecular weight excluding hydrogens is 262 g/mol. The van der Waals surface area contributed by atoms with Gasteiger partial charge in [-0.2, -0.15) is 0 Å². The fraction of sp³-hybridized carbons (Fsp3) is 0.846. The van der Waals surface area contributed by atoms with Gasteiger partial charge in [-0.25, -0.2) is 0 Å². The Morgan fingerprint density at radius 3 is 2.60 bits per heavy atom. The summed E-state index contributed by atoms with van der Waals surface area (Å²) in [6, 6.07) is 0. The van der Waals surface area contributed by atoms with Crippen molar-refractivity contribution in [3.05, 3.63) is 0 Å². The van der Waals surface area contributed by atoms with Crippen LogP contribution < -0.4 is 5.32 Å². The first-order valence-corrected chi connectivity index (χ1v) is 7.01. The molecule has 116 valence electrons. The van der Waals surface area contributed by atoms with Gasteiger partial charge in [0, 0.05) is 33.3 Å².